The molecular weight excluding hydrogens is 506 g/mol. The van der Waals surface area contributed by atoms with Crippen LogP contribution in [-0.4, -0.2) is 91.4 Å². The molecule has 2 N–H and O–H groups in total. The number of ether oxygens (including phenoxy) is 1. The van der Waals surface area contributed by atoms with Gasteiger partial charge in [0.15, 0.2) is 5.88 Å². The molecule has 0 atom stereocenters. The van der Waals surface area contributed by atoms with Gasteiger partial charge in [0.25, 0.3) is 0 Å². The third-order valence-corrected chi connectivity index (χ3v) is 7.29. The van der Waals surface area contributed by atoms with Crippen LogP contribution in [0, 0.1) is 0 Å². The van der Waals surface area contributed by atoms with Crippen LogP contribution in [0.2, 0.25) is 0 Å². The number of methoxy groups -OCH3 is 1. The maximum atomic E-state index is 12.9. The molecule has 3 aromatic carbocycles. The number of hydrogen-bond donors (Lipinski definition) is 2. The van der Waals surface area contributed by atoms with Gasteiger partial charge in [-0.3, -0.25) is 9.69 Å². The molecule has 4 aromatic rings. The molecule has 0 unspecified atom stereocenters. The molecule has 206 valence electrons. The van der Waals surface area contributed by atoms with Crippen LogP contribution in [0.1, 0.15) is 21.5 Å². The predicted molar refractivity (Wildman–Crippen MR) is 157 cm³/mol. The molecule has 1 aliphatic rings. The summed E-state index contributed by atoms with van der Waals surface area (Å²) >= 11 is 0. The van der Waals surface area contributed by atoms with Gasteiger partial charge in [-0.15, -0.1) is 0 Å². The molecule has 0 aliphatic carbocycles. The van der Waals surface area contributed by atoms with E-state index in [1.807, 2.05) is 54.6 Å². The van der Waals surface area contributed by atoms with Crippen LogP contribution >= 0.6 is 0 Å². The third-order valence-electron chi connectivity index (χ3n) is 7.29. The Labute approximate surface area is 233 Å². The fourth-order valence-corrected chi connectivity index (χ4v) is 4.85. The van der Waals surface area contributed by atoms with E-state index in [1.54, 1.807) is 30.1 Å². The number of carbonyl (C=O) groups excluding carboxylic acids is 2. The van der Waals surface area contributed by atoms with Crippen LogP contribution in [0.5, 0.6) is 5.88 Å². The van der Waals surface area contributed by atoms with E-state index in [1.165, 1.54) is 7.11 Å². The number of anilines is 1. The van der Waals surface area contributed by atoms with Gasteiger partial charge in [-0.1, -0.05) is 30.3 Å². The number of rotatable bonds is 7. The van der Waals surface area contributed by atoms with Crippen molar-refractivity contribution in [3.8, 4) is 5.88 Å². The first-order chi connectivity index (χ1) is 19.3. The van der Waals surface area contributed by atoms with Crippen molar-refractivity contribution in [2.75, 3.05) is 58.8 Å². The molecule has 40 heavy (non-hydrogen) atoms. The van der Waals surface area contributed by atoms with Gasteiger partial charge in [0.2, 0.25) is 5.91 Å². The topological polar surface area (TPSA) is 101 Å². The lowest BCUT2D eigenvalue weighted by Crippen LogP contribution is -2.48. The van der Waals surface area contributed by atoms with Crippen molar-refractivity contribution in [2.45, 2.75) is 0 Å². The highest BCUT2D eigenvalue weighted by molar-refractivity contribution is 6.22. The molecule has 1 saturated heterocycles. The number of aromatic nitrogens is 1. The highest BCUT2D eigenvalue weighted by Crippen LogP contribution is 2.32. The van der Waals surface area contributed by atoms with E-state index in [4.69, 9.17) is 9.73 Å². The summed E-state index contributed by atoms with van der Waals surface area (Å²) in [7, 11) is 5.22. The number of aromatic hydroxyl groups is 1. The van der Waals surface area contributed by atoms with E-state index in [-0.39, 0.29) is 11.8 Å². The van der Waals surface area contributed by atoms with Crippen molar-refractivity contribution in [2.24, 2.45) is 4.99 Å². The van der Waals surface area contributed by atoms with E-state index in [0.29, 0.717) is 40.0 Å². The second kappa shape index (κ2) is 11.7. The minimum atomic E-state index is -0.464. The molecule has 0 spiro atoms. The lowest BCUT2D eigenvalue weighted by atomic mass is 9.99. The fraction of sp³-hybridized carbons (Fsp3) is 0.258. The first-order valence-electron chi connectivity index (χ1n) is 13.2. The molecule has 1 aliphatic heterocycles. The summed E-state index contributed by atoms with van der Waals surface area (Å²) in [5, 5.41) is 11.6. The Balaban J connectivity index is 1.46. The van der Waals surface area contributed by atoms with Crippen LogP contribution in [0.3, 0.4) is 0 Å². The summed E-state index contributed by atoms with van der Waals surface area (Å²) in [6.45, 7) is 4.07. The zero-order valence-corrected chi connectivity index (χ0v) is 22.9. The van der Waals surface area contributed by atoms with Crippen molar-refractivity contribution in [3.05, 3.63) is 89.5 Å². The van der Waals surface area contributed by atoms with Crippen LogP contribution in [0.25, 0.3) is 10.9 Å². The second-order valence-electron chi connectivity index (χ2n) is 9.98. The summed E-state index contributed by atoms with van der Waals surface area (Å²) in [4.78, 5) is 39.2. The summed E-state index contributed by atoms with van der Waals surface area (Å²) in [6.07, 6.45) is 0. The predicted octanol–water partition coefficient (Wildman–Crippen LogP) is 4.04. The molecular formula is C31H33N5O4. The van der Waals surface area contributed by atoms with Gasteiger partial charge in [0.05, 0.1) is 36.2 Å². The Kier molecular flexibility index (Phi) is 7.95. The number of H-pyrrole nitrogens is 1. The van der Waals surface area contributed by atoms with Gasteiger partial charge in [0.1, 0.15) is 0 Å². The number of benzene rings is 3. The summed E-state index contributed by atoms with van der Waals surface area (Å²) < 4.78 is 4.89. The van der Waals surface area contributed by atoms with E-state index >= 15 is 0 Å². The number of amides is 1. The molecule has 0 bridgehead atoms. The maximum Gasteiger partial charge on any atom is 0.337 e. The summed E-state index contributed by atoms with van der Waals surface area (Å²) in [5.74, 6) is -0.477. The van der Waals surface area contributed by atoms with Gasteiger partial charge in [-0.05, 0) is 49.5 Å². The minimum Gasteiger partial charge on any atom is -0.494 e. The van der Waals surface area contributed by atoms with Crippen molar-refractivity contribution < 1.29 is 19.4 Å². The highest BCUT2D eigenvalue weighted by Gasteiger charge is 2.21. The molecule has 2 heterocycles. The fourth-order valence-electron chi connectivity index (χ4n) is 4.85. The molecule has 9 heteroatoms. The summed E-state index contributed by atoms with van der Waals surface area (Å²) in [5.41, 5.74) is 4.29. The summed E-state index contributed by atoms with van der Waals surface area (Å²) in [6, 6.07) is 22.1. The molecule has 1 aromatic heterocycles. The monoisotopic (exact) mass is 539 g/mol. The first-order valence-corrected chi connectivity index (χ1v) is 13.2. The average Bonchev–Trinajstić information content (AvgIpc) is 3.31. The van der Waals surface area contributed by atoms with Gasteiger partial charge >= 0.3 is 5.97 Å². The number of hydrogen-bond acceptors (Lipinski definition) is 7. The number of aliphatic imine (C=N–C) groups is 1. The number of carbonyl (C=O) groups is 2. The molecule has 1 amide bonds. The third kappa shape index (κ3) is 5.75. The lowest BCUT2D eigenvalue weighted by Gasteiger charge is -2.32. The Bertz CT molecular complexity index is 1540. The normalized spacial score (nSPS) is 14.8. The zero-order valence-electron chi connectivity index (χ0n) is 22.9. The smallest absolute Gasteiger partial charge is 0.337 e. The Morgan fingerprint density at radius 3 is 2.35 bits per heavy atom. The number of aromatic amines is 1. The van der Waals surface area contributed by atoms with E-state index < -0.39 is 5.97 Å². The number of fused-ring (bicyclic) bond motifs is 1. The van der Waals surface area contributed by atoms with E-state index in [9.17, 15) is 14.7 Å². The molecule has 9 nitrogen and oxygen atoms in total. The Morgan fingerprint density at radius 2 is 1.68 bits per heavy atom. The number of piperazine rings is 1. The van der Waals surface area contributed by atoms with Crippen LogP contribution in [-0.2, 0) is 9.53 Å². The second-order valence-corrected chi connectivity index (χ2v) is 9.98. The van der Waals surface area contributed by atoms with Gasteiger partial charge in [0, 0.05) is 55.4 Å². The number of nitrogens with one attached hydrogen (secondary N) is 1. The van der Waals surface area contributed by atoms with Crippen molar-refractivity contribution in [3.63, 3.8) is 0 Å². The van der Waals surface area contributed by atoms with Gasteiger partial charge in [-0.25, -0.2) is 9.79 Å². The molecule has 0 radical (unpaired) electrons. The molecule has 1 fully saturated rings. The Morgan fingerprint density at radius 1 is 0.975 bits per heavy atom. The zero-order chi connectivity index (χ0) is 28.2. The maximum absolute atomic E-state index is 12.9. The molecule has 0 saturated carbocycles. The standard InChI is InChI=1S/C31H33N5O4/c1-34-15-17-36(18-16-34)20-27(37)35(2)24-12-10-23(11-13-24)32-29(21-7-5-4-6-8-21)28-25-19-22(31(39)40-3)9-14-26(25)33-30(28)38/h4-14,19,33,38H,15-18,20H2,1-3H3. The van der Waals surface area contributed by atoms with Crippen LogP contribution in [0.4, 0.5) is 11.4 Å². The largest absolute Gasteiger partial charge is 0.494 e. The van der Waals surface area contributed by atoms with E-state index in [2.05, 4.69) is 21.8 Å². The van der Waals surface area contributed by atoms with Gasteiger partial charge < -0.3 is 24.6 Å². The average molecular weight is 540 g/mol. The number of esters is 1. The van der Waals surface area contributed by atoms with Crippen molar-refractivity contribution >= 4 is 39.9 Å². The van der Waals surface area contributed by atoms with E-state index in [0.717, 1.165) is 37.4 Å². The Hall–Kier alpha value is -4.47. The SMILES string of the molecule is COC(=O)c1ccc2[nH]c(O)c(C(=Nc3ccc(N(C)C(=O)CN4CCN(C)CC4)cc3)c3ccccc3)c2c1. The van der Waals surface area contributed by atoms with Crippen molar-refractivity contribution in [1.82, 2.24) is 14.8 Å². The quantitative estimate of drug-likeness (QED) is 0.272. The van der Waals surface area contributed by atoms with Crippen molar-refractivity contribution in [1.29, 1.82) is 0 Å². The van der Waals surface area contributed by atoms with Crippen LogP contribution in [0.15, 0.2) is 77.8 Å². The number of likely N-dealkylation sites (N-methyl/N-ethyl adjacent to an activating group) is 2. The minimum absolute atomic E-state index is 0.0379. The van der Waals surface area contributed by atoms with Crippen LogP contribution < -0.4 is 4.90 Å². The highest BCUT2D eigenvalue weighted by atomic mass is 16.5. The van der Waals surface area contributed by atoms with Gasteiger partial charge in [-0.2, -0.15) is 0 Å². The number of nitrogens with zero attached hydrogens (tertiary/aromatic N) is 4. The lowest BCUT2D eigenvalue weighted by molar-refractivity contribution is -0.119. The molecule has 5 rings (SSSR count). The first kappa shape index (κ1) is 27.1.